The summed E-state index contributed by atoms with van der Waals surface area (Å²) in [4.78, 5) is 0. The summed E-state index contributed by atoms with van der Waals surface area (Å²) in [5, 5.41) is 0. The fourth-order valence-corrected chi connectivity index (χ4v) is 7.25. The summed E-state index contributed by atoms with van der Waals surface area (Å²) in [5.74, 6) is 4.60. The van der Waals surface area contributed by atoms with Gasteiger partial charge >= 0.3 is 0 Å². The Morgan fingerprint density at radius 1 is 0.879 bits per heavy atom. The molecule has 0 saturated heterocycles. The van der Waals surface area contributed by atoms with Gasteiger partial charge in [0.05, 0.1) is 0 Å². The molecule has 0 amide bonds. The van der Waals surface area contributed by atoms with Gasteiger partial charge in [0.2, 0.25) is 0 Å². The molecule has 2 fully saturated rings. The van der Waals surface area contributed by atoms with E-state index in [2.05, 4.69) is 39.5 Å². The lowest BCUT2D eigenvalue weighted by Crippen LogP contribution is -2.44. The van der Waals surface area contributed by atoms with Crippen LogP contribution in [0.1, 0.15) is 152 Å². The van der Waals surface area contributed by atoms with Crippen molar-refractivity contribution in [3.05, 3.63) is 24.3 Å². The number of hydrogen-bond acceptors (Lipinski definition) is 0. The minimum atomic E-state index is 0.536. The van der Waals surface area contributed by atoms with Crippen molar-refractivity contribution in [3.63, 3.8) is 0 Å². The van der Waals surface area contributed by atoms with Crippen LogP contribution in [0.15, 0.2) is 24.3 Å². The quantitative estimate of drug-likeness (QED) is 0.273. The third kappa shape index (κ3) is 9.57. The van der Waals surface area contributed by atoms with Gasteiger partial charge in [0.25, 0.3) is 0 Å². The zero-order chi connectivity index (χ0) is 25.3. The van der Waals surface area contributed by atoms with E-state index in [-0.39, 0.29) is 0 Å². The van der Waals surface area contributed by atoms with Gasteiger partial charge in [0.1, 0.15) is 0 Å². The van der Waals surface area contributed by atoms with E-state index in [0.29, 0.717) is 5.41 Å². The van der Waals surface area contributed by atoms with Gasteiger partial charge in [-0.15, -0.1) is 6.58 Å². The molecule has 196 valence electrons. The van der Waals surface area contributed by atoms with Crippen LogP contribution in [-0.2, 0) is 0 Å². The fraction of sp³-hybridized carbons (Fsp3) is 0.879. The van der Waals surface area contributed by atoms with E-state index in [1.807, 2.05) is 47.1 Å². The van der Waals surface area contributed by atoms with Crippen molar-refractivity contribution in [3.8, 4) is 0 Å². The minimum absolute atomic E-state index is 0.536. The molecule has 2 saturated carbocycles. The maximum atomic E-state index is 3.86. The van der Waals surface area contributed by atoms with Crippen LogP contribution in [0.5, 0.6) is 0 Å². The lowest BCUT2D eigenvalue weighted by atomic mass is 9.52. The SMILES string of the molecule is C=CCCCCCC1CCCC2C(C(C)C=C3CCCCC32C)C(C)CC1.CC.CC.CC. The first kappa shape index (κ1) is 32.5. The lowest BCUT2D eigenvalue weighted by Gasteiger charge is -2.53. The molecule has 0 N–H and O–H groups in total. The Balaban J connectivity index is 0.00000158. The van der Waals surface area contributed by atoms with Crippen LogP contribution in [0, 0.1) is 35.0 Å². The average molecular weight is 461 g/mol. The standard InChI is InChI=1S/C27H46.3C2H6/c1-5-6-7-8-9-13-23-14-12-16-25-26(21(2)17-18-23)22(3)20-24-15-10-11-19-27(24,25)4;3*1-2/h5,20-23,25-26H,1,6-19H2,2-4H3;3*1-2H3. The van der Waals surface area contributed by atoms with E-state index < -0.39 is 0 Å². The molecule has 3 aliphatic rings. The third-order valence-corrected chi connectivity index (χ3v) is 8.82. The van der Waals surface area contributed by atoms with Crippen LogP contribution < -0.4 is 0 Å². The Morgan fingerprint density at radius 2 is 1.58 bits per heavy atom. The highest BCUT2D eigenvalue weighted by Gasteiger charge is 2.48. The van der Waals surface area contributed by atoms with Gasteiger partial charge < -0.3 is 0 Å². The first-order valence-corrected chi connectivity index (χ1v) is 15.4. The summed E-state index contributed by atoms with van der Waals surface area (Å²) >= 11 is 0. The topological polar surface area (TPSA) is 0 Å². The molecule has 3 rings (SSSR count). The van der Waals surface area contributed by atoms with E-state index in [1.54, 1.807) is 0 Å². The molecule has 0 aromatic heterocycles. The summed E-state index contributed by atoms with van der Waals surface area (Å²) < 4.78 is 0. The number of fused-ring (bicyclic) bond motifs is 3. The van der Waals surface area contributed by atoms with Crippen LogP contribution >= 0.6 is 0 Å². The summed E-state index contributed by atoms with van der Waals surface area (Å²) in [5.41, 5.74) is 2.39. The van der Waals surface area contributed by atoms with Gasteiger partial charge in [-0.25, -0.2) is 0 Å². The molecule has 33 heavy (non-hydrogen) atoms. The van der Waals surface area contributed by atoms with E-state index >= 15 is 0 Å². The van der Waals surface area contributed by atoms with Crippen LogP contribution in [-0.4, -0.2) is 0 Å². The molecule has 0 heteroatoms. The molecule has 0 aromatic rings. The van der Waals surface area contributed by atoms with Gasteiger partial charge in [-0.2, -0.15) is 0 Å². The number of allylic oxidation sites excluding steroid dienone is 3. The molecule has 0 spiro atoms. The molecular formula is C33H64. The molecule has 6 unspecified atom stereocenters. The van der Waals surface area contributed by atoms with E-state index in [1.165, 1.54) is 89.9 Å². The predicted octanol–water partition coefficient (Wildman–Crippen LogP) is 11.8. The molecule has 0 bridgehead atoms. The summed E-state index contributed by atoms with van der Waals surface area (Å²) in [7, 11) is 0. The average Bonchev–Trinajstić information content (AvgIpc) is 2.93. The van der Waals surface area contributed by atoms with E-state index in [4.69, 9.17) is 0 Å². The highest BCUT2D eigenvalue weighted by Crippen LogP contribution is 2.58. The van der Waals surface area contributed by atoms with Crippen LogP contribution in [0.25, 0.3) is 0 Å². The predicted molar refractivity (Wildman–Crippen MR) is 154 cm³/mol. The smallest absolute Gasteiger partial charge is 0.00851 e. The largest absolute Gasteiger partial charge is 0.103 e. The zero-order valence-electron chi connectivity index (χ0n) is 24.6. The maximum absolute atomic E-state index is 3.86. The first-order chi connectivity index (χ1) is 16.1. The maximum Gasteiger partial charge on any atom is -0.00851 e. The van der Waals surface area contributed by atoms with Gasteiger partial charge in [-0.1, -0.05) is 131 Å². The molecule has 3 aliphatic carbocycles. The highest BCUT2D eigenvalue weighted by molar-refractivity contribution is 5.23. The van der Waals surface area contributed by atoms with Crippen molar-refractivity contribution in [2.45, 2.75) is 152 Å². The number of unbranched alkanes of at least 4 members (excludes halogenated alkanes) is 3. The van der Waals surface area contributed by atoms with Crippen molar-refractivity contribution in [2.24, 2.45) is 35.0 Å². The molecular weight excluding hydrogens is 396 g/mol. The Morgan fingerprint density at radius 3 is 2.24 bits per heavy atom. The Hall–Kier alpha value is -0.520. The number of hydrogen-bond donors (Lipinski definition) is 0. The Bertz CT molecular complexity index is 500. The lowest BCUT2D eigenvalue weighted by molar-refractivity contribution is 0.0418. The summed E-state index contributed by atoms with van der Waals surface area (Å²) in [6.07, 6.45) is 24.9. The van der Waals surface area contributed by atoms with E-state index in [0.717, 1.165) is 29.6 Å². The highest BCUT2D eigenvalue weighted by atomic mass is 14.5. The molecule has 0 heterocycles. The summed E-state index contributed by atoms with van der Waals surface area (Å²) in [6, 6.07) is 0. The molecule has 6 atom stereocenters. The van der Waals surface area contributed by atoms with Gasteiger partial charge in [-0.05, 0) is 73.5 Å². The molecule has 0 aliphatic heterocycles. The fourth-order valence-electron chi connectivity index (χ4n) is 7.25. The number of rotatable bonds is 6. The first-order valence-electron chi connectivity index (χ1n) is 15.4. The van der Waals surface area contributed by atoms with Crippen LogP contribution in [0.4, 0.5) is 0 Å². The normalized spacial score (nSPS) is 33.2. The van der Waals surface area contributed by atoms with Crippen LogP contribution in [0.2, 0.25) is 0 Å². The second-order valence-corrected chi connectivity index (χ2v) is 10.6. The second-order valence-electron chi connectivity index (χ2n) is 10.6. The van der Waals surface area contributed by atoms with Crippen molar-refractivity contribution in [2.75, 3.05) is 0 Å². The Labute approximate surface area is 211 Å². The van der Waals surface area contributed by atoms with Crippen molar-refractivity contribution >= 4 is 0 Å². The van der Waals surface area contributed by atoms with Gasteiger partial charge in [-0.3, -0.25) is 0 Å². The van der Waals surface area contributed by atoms with Gasteiger partial charge in [0, 0.05) is 0 Å². The monoisotopic (exact) mass is 461 g/mol. The molecule has 0 aromatic carbocycles. The third-order valence-electron chi connectivity index (χ3n) is 8.82. The van der Waals surface area contributed by atoms with Crippen molar-refractivity contribution in [1.82, 2.24) is 0 Å². The summed E-state index contributed by atoms with van der Waals surface area (Å²) in [6.45, 7) is 23.7. The molecule has 0 radical (unpaired) electrons. The van der Waals surface area contributed by atoms with Crippen LogP contribution in [0.3, 0.4) is 0 Å². The Kier molecular flexibility index (Phi) is 18.5. The van der Waals surface area contributed by atoms with Gasteiger partial charge in [0.15, 0.2) is 0 Å². The van der Waals surface area contributed by atoms with Crippen molar-refractivity contribution < 1.29 is 0 Å². The zero-order valence-corrected chi connectivity index (χ0v) is 24.6. The van der Waals surface area contributed by atoms with Crippen molar-refractivity contribution in [1.29, 1.82) is 0 Å². The second kappa shape index (κ2) is 18.8. The van der Waals surface area contributed by atoms with E-state index in [9.17, 15) is 0 Å². The minimum Gasteiger partial charge on any atom is -0.103 e. The molecule has 0 nitrogen and oxygen atoms in total.